The Labute approximate surface area is 174 Å². The zero-order valence-corrected chi connectivity index (χ0v) is 16.4. The predicted octanol–water partition coefficient (Wildman–Crippen LogP) is 4.50. The number of carbonyl (C=O) groups excluding carboxylic acids is 2. The van der Waals surface area contributed by atoms with Crippen molar-refractivity contribution in [1.82, 2.24) is 4.90 Å². The van der Waals surface area contributed by atoms with Gasteiger partial charge in [0.15, 0.2) is 0 Å². The quantitative estimate of drug-likeness (QED) is 0.647. The van der Waals surface area contributed by atoms with Gasteiger partial charge in [0.25, 0.3) is 5.91 Å². The number of para-hydroxylation sites is 1. The number of rotatable bonds is 4. The molecule has 0 fully saturated rings. The Bertz CT molecular complexity index is 1130. The summed E-state index contributed by atoms with van der Waals surface area (Å²) < 4.78 is 13.5. The van der Waals surface area contributed by atoms with Crippen LogP contribution in [0.5, 0.6) is 0 Å². The van der Waals surface area contributed by atoms with Gasteiger partial charge in [-0.2, -0.15) is 0 Å². The molecule has 4 nitrogen and oxygen atoms in total. The molecule has 2 aliphatic heterocycles. The molecule has 30 heavy (non-hydrogen) atoms. The third-order valence-electron chi connectivity index (χ3n) is 6.04. The minimum absolute atomic E-state index is 0.0296. The molecule has 0 N–H and O–H groups in total. The summed E-state index contributed by atoms with van der Waals surface area (Å²) in [5.74, 6) is -0.457. The predicted molar refractivity (Wildman–Crippen MR) is 113 cm³/mol. The van der Waals surface area contributed by atoms with Crippen LogP contribution in [0, 0.1) is 5.82 Å². The van der Waals surface area contributed by atoms with Crippen LogP contribution in [-0.2, 0) is 17.8 Å². The minimum Gasteiger partial charge on any atom is -0.327 e. The number of amides is 2. The zero-order chi connectivity index (χ0) is 20.7. The van der Waals surface area contributed by atoms with Gasteiger partial charge in [-0.15, -0.1) is 0 Å². The van der Waals surface area contributed by atoms with E-state index in [0.29, 0.717) is 18.7 Å². The molecule has 5 heteroatoms. The first kappa shape index (κ1) is 18.6. The number of fused-ring (bicyclic) bond motifs is 2. The summed E-state index contributed by atoms with van der Waals surface area (Å²) in [6.45, 7) is 1.09. The molecule has 150 valence electrons. The lowest BCUT2D eigenvalue weighted by atomic mass is 10.0. The van der Waals surface area contributed by atoms with Gasteiger partial charge in [0.1, 0.15) is 5.82 Å². The van der Waals surface area contributed by atoms with Gasteiger partial charge in [-0.05, 0) is 47.4 Å². The Balaban J connectivity index is 1.46. The van der Waals surface area contributed by atoms with Crippen molar-refractivity contribution >= 4 is 17.5 Å². The van der Waals surface area contributed by atoms with E-state index in [2.05, 4.69) is 0 Å². The van der Waals surface area contributed by atoms with Crippen LogP contribution in [-0.4, -0.2) is 23.3 Å². The van der Waals surface area contributed by atoms with Gasteiger partial charge in [-0.3, -0.25) is 9.59 Å². The van der Waals surface area contributed by atoms with Crippen molar-refractivity contribution < 1.29 is 14.0 Å². The van der Waals surface area contributed by atoms with Crippen molar-refractivity contribution in [3.63, 3.8) is 0 Å². The van der Waals surface area contributed by atoms with Gasteiger partial charge in [0.2, 0.25) is 5.91 Å². The van der Waals surface area contributed by atoms with E-state index in [9.17, 15) is 14.0 Å². The van der Waals surface area contributed by atoms with Gasteiger partial charge >= 0.3 is 0 Å². The lowest BCUT2D eigenvalue weighted by Crippen LogP contribution is -2.36. The highest BCUT2D eigenvalue weighted by molar-refractivity contribution is 6.00. The smallest absolute Gasteiger partial charge is 0.255 e. The van der Waals surface area contributed by atoms with Crippen LogP contribution in [0.25, 0.3) is 0 Å². The maximum atomic E-state index is 13.5. The summed E-state index contributed by atoms with van der Waals surface area (Å²) in [6.07, 6.45) is 0.983. The molecule has 1 atom stereocenters. The molecular formula is C25H21FN2O2. The molecule has 0 bridgehead atoms. The Kier molecular flexibility index (Phi) is 4.58. The standard InChI is InChI=1S/C25H21FN2O2/c26-20-11-9-18(10-12-20)23(28-16-19-6-1-3-7-21(19)25(28)30)15-24(29)27-14-13-17-5-2-4-8-22(17)27/h1-12,23H,13-16H2. The first-order chi connectivity index (χ1) is 14.6. The van der Waals surface area contributed by atoms with Crippen LogP contribution in [0.4, 0.5) is 10.1 Å². The monoisotopic (exact) mass is 400 g/mol. The van der Waals surface area contributed by atoms with Gasteiger partial charge in [-0.25, -0.2) is 4.39 Å². The van der Waals surface area contributed by atoms with E-state index in [0.717, 1.165) is 28.8 Å². The second-order valence-corrected chi connectivity index (χ2v) is 7.79. The summed E-state index contributed by atoms with van der Waals surface area (Å²) in [4.78, 5) is 30.0. The lowest BCUT2D eigenvalue weighted by molar-refractivity contribution is -0.119. The van der Waals surface area contributed by atoms with Crippen molar-refractivity contribution in [1.29, 1.82) is 0 Å². The van der Waals surface area contributed by atoms with Crippen molar-refractivity contribution in [2.24, 2.45) is 0 Å². The SMILES string of the molecule is O=C(CC(c1ccc(F)cc1)N1Cc2ccccc2C1=O)N1CCc2ccccc21. The maximum Gasteiger partial charge on any atom is 0.255 e. The van der Waals surface area contributed by atoms with E-state index in [-0.39, 0.29) is 24.1 Å². The fourth-order valence-electron chi connectivity index (χ4n) is 4.49. The molecule has 0 aromatic heterocycles. The van der Waals surface area contributed by atoms with E-state index < -0.39 is 6.04 Å². The number of hydrogen-bond donors (Lipinski definition) is 0. The summed E-state index contributed by atoms with van der Waals surface area (Å²) in [5, 5.41) is 0. The molecule has 0 aliphatic carbocycles. The maximum absolute atomic E-state index is 13.5. The molecule has 5 rings (SSSR count). The van der Waals surface area contributed by atoms with Crippen LogP contribution < -0.4 is 4.90 Å². The van der Waals surface area contributed by atoms with E-state index in [4.69, 9.17) is 0 Å². The highest BCUT2D eigenvalue weighted by atomic mass is 19.1. The van der Waals surface area contributed by atoms with Gasteiger partial charge < -0.3 is 9.80 Å². The second-order valence-electron chi connectivity index (χ2n) is 7.79. The largest absolute Gasteiger partial charge is 0.327 e. The van der Waals surface area contributed by atoms with Gasteiger partial charge in [-0.1, -0.05) is 48.5 Å². The summed E-state index contributed by atoms with van der Waals surface area (Å²) >= 11 is 0. The first-order valence-electron chi connectivity index (χ1n) is 10.1. The van der Waals surface area contributed by atoms with Crippen molar-refractivity contribution in [3.05, 3.63) is 101 Å². The number of nitrogens with zero attached hydrogens (tertiary/aromatic N) is 2. The normalized spacial score (nSPS) is 15.8. The third-order valence-corrected chi connectivity index (χ3v) is 6.04. The van der Waals surface area contributed by atoms with Crippen LogP contribution in [0.2, 0.25) is 0 Å². The Morgan fingerprint density at radius 1 is 0.933 bits per heavy atom. The lowest BCUT2D eigenvalue weighted by Gasteiger charge is -2.30. The first-order valence-corrected chi connectivity index (χ1v) is 10.1. The zero-order valence-electron chi connectivity index (χ0n) is 16.4. The molecule has 2 heterocycles. The summed E-state index contributed by atoms with van der Waals surface area (Å²) in [7, 11) is 0. The number of anilines is 1. The third kappa shape index (κ3) is 3.16. The number of benzene rings is 3. The topological polar surface area (TPSA) is 40.6 Å². The highest BCUT2D eigenvalue weighted by Gasteiger charge is 2.36. The number of hydrogen-bond acceptors (Lipinski definition) is 2. The Morgan fingerprint density at radius 3 is 2.40 bits per heavy atom. The van der Waals surface area contributed by atoms with E-state index in [1.165, 1.54) is 12.1 Å². The van der Waals surface area contributed by atoms with Crippen LogP contribution in [0.3, 0.4) is 0 Å². The average molecular weight is 400 g/mol. The van der Waals surface area contributed by atoms with Crippen LogP contribution in [0.15, 0.2) is 72.8 Å². The van der Waals surface area contributed by atoms with Crippen molar-refractivity contribution in [2.75, 3.05) is 11.4 Å². The molecule has 0 saturated carbocycles. The van der Waals surface area contributed by atoms with E-state index in [1.807, 2.05) is 48.5 Å². The van der Waals surface area contributed by atoms with Crippen molar-refractivity contribution in [3.8, 4) is 0 Å². The molecule has 1 unspecified atom stereocenters. The van der Waals surface area contributed by atoms with E-state index in [1.54, 1.807) is 21.9 Å². The van der Waals surface area contributed by atoms with Gasteiger partial charge in [0, 0.05) is 24.3 Å². The second kappa shape index (κ2) is 7.41. The molecule has 2 aliphatic rings. The average Bonchev–Trinajstić information content (AvgIpc) is 3.34. The fourth-order valence-corrected chi connectivity index (χ4v) is 4.49. The number of carbonyl (C=O) groups is 2. The minimum atomic E-state index is -0.453. The van der Waals surface area contributed by atoms with Crippen LogP contribution >= 0.6 is 0 Å². The molecule has 3 aromatic rings. The molecule has 2 amide bonds. The molecule has 0 radical (unpaired) electrons. The molecule has 3 aromatic carbocycles. The van der Waals surface area contributed by atoms with Crippen molar-refractivity contribution in [2.45, 2.75) is 25.4 Å². The molecule has 0 spiro atoms. The molecule has 0 saturated heterocycles. The number of halogens is 1. The Hall–Kier alpha value is -3.47. The summed E-state index contributed by atoms with van der Waals surface area (Å²) in [5.41, 5.74) is 4.49. The Morgan fingerprint density at radius 2 is 1.63 bits per heavy atom. The van der Waals surface area contributed by atoms with E-state index >= 15 is 0 Å². The summed E-state index contributed by atoms with van der Waals surface area (Å²) in [6, 6.07) is 21.1. The fraction of sp³-hybridized carbons (Fsp3) is 0.200. The van der Waals surface area contributed by atoms with Crippen LogP contribution in [0.1, 0.15) is 39.5 Å². The molecular weight excluding hydrogens is 379 g/mol. The van der Waals surface area contributed by atoms with Gasteiger partial charge in [0.05, 0.1) is 12.5 Å². The highest BCUT2D eigenvalue weighted by Crippen LogP contribution is 2.35.